The zero-order valence-electron chi connectivity index (χ0n) is 12.9. The molecule has 0 aromatic carbocycles. The SMILES string of the molecule is Cc1cc(C(=O)N(CC(C)C)C(C)C)sc1C#CCO. The van der Waals surface area contributed by atoms with Crippen LogP contribution < -0.4 is 0 Å². The van der Waals surface area contributed by atoms with Crippen LogP contribution in [0.1, 0.15) is 47.8 Å². The van der Waals surface area contributed by atoms with E-state index in [1.807, 2.05) is 31.7 Å². The van der Waals surface area contributed by atoms with Gasteiger partial charge in [0.1, 0.15) is 6.61 Å². The molecule has 0 saturated heterocycles. The first kappa shape index (κ1) is 16.7. The maximum atomic E-state index is 12.6. The Kier molecular flexibility index (Phi) is 6.25. The predicted molar refractivity (Wildman–Crippen MR) is 84.0 cm³/mol. The van der Waals surface area contributed by atoms with Gasteiger partial charge in [0.15, 0.2) is 0 Å². The molecule has 1 rings (SSSR count). The van der Waals surface area contributed by atoms with Gasteiger partial charge in [-0.2, -0.15) is 0 Å². The summed E-state index contributed by atoms with van der Waals surface area (Å²) < 4.78 is 0. The molecule has 1 aromatic rings. The van der Waals surface area contributed by atoms with Gasteiger partial charge >= 0.3 is 0 Å². The third kappa shape index (κ3) is 4.36. The average molecular weight is 293 g/mol. The summed E-state index contributed by atoms with van der Waals surface area (Å²) in [6.45, 7) is 10.8. The Morgan fingerprint density at radius 1 is 1.40 bits per heavy atom. The average Bonchev–Trinajstić information content (AvgIpc) is 2.73. The van der Waals surface area contributed by atoms with Crippen molar-refractivity contribution in [3.8, 4) is 11.8 Å². The van der Waals surface area contributed by atoms with E-state index >= 15 is 0 Å². The normalized spacial score (nSPS) is 10.6. The number of rotatable bonds is 4. The highest BCUT2D eigenvalue weighted by Crippen LogP contribution is 2.23. The third-order valence-electron chi connectivity index (χ3n) is 2.86. The lowest BCUT2D eigenvalue weighted by Gasteiger charge is -2.28. The van der Waals surface area contributed by atoms with Crippen molar-refractivity contribution < 1.29 is 9.90 Å². The molecule has 0 fully saturated rings. The number of carbonyl (C=O) groups excluding carboxylic acids is 1. The van der Waals surface area contributed by atoms with Crippen LogP contribution in [0.2, 0.25) is 0 Å². The monoisotopic (exact) mass is 293 g/mol. The van der Waals surface area contributed by atoms with Gasteiger partial charge in [0.25, 0.3) is 5.91 Å². The summed E-state index contributed by atoms with van der Waals surface area (Å²) in [7, 11) is 0. The number of aryl methyl sites for hydroxylation is 1. The standard InChI is InChI=1S/C16H23NO2S/c1-11(2)10-17(12(3)4)16(19)15-9-13(5)14(20-15)7-6-8-18/h9,11-12,18H,8,10H2,1-5H3. The van der Waals surface area contributed by atoms with Gasteiger partial charge in [-0.1, -0.05) is 25.7 Å². The molecule has 1 heterocycles. The van der Waals surface area contributed by atoms with E-state index in [1.165, 1.54) is 11.3 Å². The van der Waals surface area contributed by atoms with Gasteiger partial charge in [0.2, 0.25) is 0 Å². The van der Waals surface area contributed by atoms with Crippen LogP contribution in [0.25, 0.3) is 0 Å². The van der Waals surface area contributed by atoms with E-state index < -0.39 is 0 Å². The number of amides is 1. The minimum absolute atomic E-state index is 0.0684. The van der Waals surface area contributed by atoms with Gasteiger partial charge in [-0.05, 0) is 38.3 Å². The molecule has 0 bridgehead atoms. The van der Waals surface area contributed by atoms with Crippen LogP contribution in [-0.2, 0) is 0 Å². The Hall–Kier alpha value is -1.31. The second-order valence-corrected chi connectivity index (χ2v) is 6.58. The smallest absolute Gasteiger partial charge is 0.264 e. The molecule has 0 unspecified atom stereocenters. The van der Waals surface area contributed by atoms with Gasteiger partial charge in [-0.15, -0.1) is 11.3 Å². The Labute approximate surface area is 125 Å². The zero-order chi connectivity index (χ0) is 15.3. The maximum absolute atomic E-state index is 12.6. The van der Waals surface area contributed by atoms with Crippen molar-refractivity contribution >= 4 is 17.2 Å². The van der Waals surface area contributed by atoms with Crippen LogP contribution in [0.15, 0.2) is 6.07 Å². The van der Waals surface area contributed by atoms with Crippen LogP contribution in [0, 0.1) is 24.7 Å². The van der Waals surface area contributed by atoms with Gasteiger partial charge in [-0.3, -0.25) is 4.79 Å². The van der Waals surface area contributed by atoms with E-state index in [0.717, 1.165) is 21.9 Å². The second-order valence-electron chi connectivity index (χ2n) is 5.53. The fourth-order valence-corrected chi connectivity index (χ4v) is 2.90. The zero-order valence-corrected chi connectivity index (χ0v) is 13.7. The van der Waals surface area contributed by atoms with Crippen molar-refractivity contribution in [1.29, 1.82) is 0 Å². The lowest BCUT2D eigenvalue weighted by atomic mass is 10.1. The predicted octanol–water partition coefficient (Wildman–Crippen LogP) is 2.91. The van der Waals surface area contributed by atoms with E-state index in [-0.39, 0.29) is 18.6 Å². The fourth-order valence-electron chi connectivity index (χ4n) is 1.89. The van der Waals surface area contributed by atoms with E-state index in [9.17, 15) is 4.79 Å². The highest BCUT2D eigenvalue weighted by Gasteiger charge is 2.22. The lowest BCUT2D eigenvalue weighted by molar-refractivity contribution is 0.0687. The number of hydrogen-bond donors (Lipinski definition) is 1. The minimum atomic E-state index is -0.161. The maximum Gasteiger partial charge on any atom is 0.264 e. The van der Waals surface area contributed by atoms with E-state index in [0.29, 0.717) is 5.92 Å². The van der Waals surface area contributed by atoms with Crippen LogP contribution in [0.3, 0.4) is 0 Å². The molecule has 3 nitrogen and oxygen atoms in total. The molecule has 4 heteroatoms. The number of nitrogens with zero attached hydrogens (tertiary/aromatic N) is 1. The summed E-state index contributed by atoms with van der Waals surface area (Å²) in [5.74, 6) is 6.04. The Morgan fingerprint density at radius 3 is 2.55 bits per heavy atom. The molecule has 0 radical (unpaired) electrons. The largest absolute Gasteiger partial charge is 0.384 e. The molecule has 1 N–H and O–H groups in total. The van der Waals surface area contributed by atoms with Gasteiger partial charge in [0, 0.05) is 12.6 Å². The van der Waals surface area contributed by atoms with Crippen molar-refractivity contribution in [2.75, 3.05) is 13.2 Å². The van der Waals surface area contributed by atoms with Gasteiger partial charge < -0.3 is 10.0 Å². The van der Waals surface area contributed by atoms with Crippen molar-refractivity contribution in [2.24, 2.45) is 5.92 Å². The molecule has 0 aliphatic carbocycles. The molecular formula is C16H23NO2S. The summed E-state index contributed by atoms with van der Waals surface area (Å²) in [6.07, 6.45) is 0. The third-order valence-corrected chi connectivity index (χ3v) is 4.00. The highest BCUT2D eigenvalue weighted by molar-refractivity contribution is 7.14. The first-order valence-corrected chi connectivity index (χ1v) is 7.69. The summed E-state index contributed by atoms with van der Waals surface area (Å²) in [6, 6.07) is 2.07. The highest BCUT2D eigenvalue weighted by atomic mass is 32.1. The van der Waals surface area contributed by atoms with Crippen molar-refractivity contribution in [3.05, 3.63) is 21.4 Å². The fraction of sp³-hybridized carbons (Fsp3) is 0.562. The Bertz CT molecular complexity index is 520. The van der Waals surface area contributed by atoms with Crippen molar-refractivity contribution in [1.82, 2.24) is 4.90 Å². The summed E-state index contributed by atoms with van der Waals surface area (Å²) in [5.41, 5.74) is 0.993. The molecule has 110 valence electrons. The number of hydrogen-bond acceptors (Lipinski definition) is 3. The molecular weight excluding hydrogens is 270 g/mol. The van der Waals surface area contributed by atoms with E-state index in [1.54, 1.807) is 0 Å². The van der Waals surface area contributed by atoms with E-state index in [4.69, 9.17) is 5.11 Å². The first-order chi connectivity index (χ1) is 9.36. The lowest BCUT2D eigenvalue weighted by Crippen LogP contribution is -2.39. The molecule has 0 saturated carbocycles. The molecule has 20 heavy (non-hydrogen) atoms. The van der Waals surface area contributed by atoms with E-state index in [2.05, 4.69) is 25.7 Å². The van der Waals surface area contributed by atoms with Crippen LogP contribution in [0.4, 0.5) is 0 Å². The number of aliphatic hydroxyl groups is 1. The molecule has 0 atom stereocenters. The molecule has 0 aliphatic rings. The second kappa shape index (κ2) is 7.47. The Morgan fingerprint density at radius 2 is 2.05 bits per heavy atom. The first-order valence-electron chi connectivity index (χ1n) is 6.88. The summed E-state index contributed by atoms with van der Waals surface area (Å²) >= 11 is 1.40. The molecule has 1 aromatic heterocycles. The van der Waals surface area contributed by atoms with Crippen LogP contribution >= 0.6 is 11.3 Å². The van der Waals surface area contributed by atoms with Crippen LogP contribution in [-0.4, -0.2) is 35.1 Å². The molecule has 0 spiro atoms. The number of aliphatic hydroxyl groups excluding tert-OH is 1. The summed E-state index contributed by atoms with van der Waals surface area (Å²) in [5, 5.41) is 8.75. The van der Waals surface area contributed by atoms with Crippen molar-refractivity contribution in [2.45, 2.75) is 40.7 Å². The number of carbonyl (C=O) groups is 1. The topological polar surface area (TPSA) is 40.5 Å². The molecule has 0 aliphatic heterocycles. The van der Waals surface area contributed by atoms with Crippen molar-refractivity contribution in [3.63, 3.8) is 0 Å². The van der Waals surface area contributed by atoms with Crippen LogP contribution in [0.5, 0.6) is 0 Å². The summed E-state index contributed by atoms with van der Waals surface area (Å²) in [4.78, 5) is 16.1. The van der Waals surface area contributed by atoms with Gasteiger partial charge in [0.05, 0.1) is 9.75 Å². The molecule has 1 amide bonds. The quantitative estimate of drug-likeness (QED) is 0.867. The number of thiophene rings is 1. The van der Waals surface area contributed by atoms with Gasteiger partial charge in [-0.25, -0.2) is 0 Å². The Balaban J connectivity index is 3.00. The minimum Gasteiger partial charge on any atom is -0.384 e.